The van der Waals surface area contributed by atoms with E-state index in [1.165, 1.54) is 61.0 Å². The summed E-state index contributed by atoms with van der Waals surface area (Å²) in [4.78, 5) is 170. The maximum Gasteiger partial charge on any atom is 0.393 e. The van der Waals surface area contributed by atoms with Crippen LogP contribution in [0.15, 0.2) is 0 Å². The summed E-state index contributed by atoms with van der Waals surface area (Å²) in [5, 5.41) is 34.6. The zero-order valence-electron chi connectivity index (χ0n) is 61.7. The van der Waals surface area contributed by atoms with E-state index in [9.17, 15) is 61.7 Å². The van der Waals surface area contributed by atoms with Crippen molar-refractivity contribution >= 4 is 65.0 Å². The molecule has 10 amide bonds. The number of cyclic esters (lactones) is 1. The number of aliphatic hydroxyl groups excluding tert-OH is 2. The second-order valence-corrected chi connectivity index (χ2v) is 29.9. The highest BCUT2D eigenvalue weighted by atomic mass is 19.4. The molecule has 2 fully saturated rings. The van der Waals surface area contributed by atoms with Crippen LogP contribution >= 0.6 is 0 Å². The molecular formula is C68H120F3N11O14. The van der Waals surface area contributed by atoms with Crippen LogP contribution in [0.2, 0.25) is 0 Å². The van der Waals surface area contributed by atoms with E-state index in [2.05, 4.69) is 21.3 Å². The lowest BCUT2D eigenvalue weighted by Crippen LogP contribution is -2.64. The third-order valence-electron chi connectivity index (χ3n) is 18.2. The van der Waals surface area contributed by atoms with Crippen LogP contribution in [-0.4, -0.2) is 257 Å². The van der Waals surface area contributed by atoms with Crippen molar-refractivity contribution in [2.24, 2.45) is 53.3 Å². The molecule has 14 atom stereocenters. The molecule has 6 N–H and O–H groups in total. The van der Waals surface area contributed by atoms with Gasteiger partial charge in [0.2, 0.25) is 53.2 Å². The average molecular weight is 1370 g/mol. The Labute approximate surface area is 569 Å². The highest BCUT2D eigenvalue weighted by molar-refractivity contribution is 5.99. The summed E-state index contributed by atoms with van der Waals surface area (Å²) in [5.74, 6) is -14.4. The van der Waals surface area contributed by atoms with E-state index < -0.39 is 174 Å². The number of aliphatic hydroxyl groups is 2. The first-order valence-electron chi connectivity index (χ1n) is 34.3. The molecule has 0 bridgehead atoms. The molecule has 0 radical (unpaired) electrons. The molecule has 2 aliphatic rings. The minimum absolute atomic E-state index is 0.0206. The molecule has 0 aromatic carbocycles. The fourth-order valence-electron chi connectivity index (χ4n) is 12.4. The quantitative estimate of drug-likeness (QED) is 0.106. The number of piperidine rings is 1. The molecule has 0 aromatic rings. The average Bonchev–Trinajstić information content (AvgIpc) is 0.812. The van der Waals surface area contributed by atoms with Gasteiger partial charge in [-0.05, 0) is 126 Å². The Hall–Kier alpha value is -6.16. The van der Waals surface area contributed by atoms with Crippen LogP contribution in [0.3, 0.4) is 0 Å². The van der Waals surface area contributed by atoms with E-state index in [1.54, 1.807) is 53.4 Å². The molecule has 28 heteroatoms. The highest BCUT2D eigenvalue weighted by Gasteiger charge is 2.47. The third kappa shape index (κ3) is 25.0. The molecule has 2 rings (SSSR count). The lowest BCUT2D eigenvalue weighted by molar-refractivity contribution is -0.186. The Morgan fingerprint density at radius 1 is 0.510 bits per heavy atom. The third-order valence-corrected chi connectivity index (χ3v) is 18.2. The number of nitrogens with one attached hydrogen (secondary N) is 4. The predicted octanol–water partition coefficient (Wildman–Crippen LogP) is 4.05. The van der Waals surface area contributed by atoms with Crippen LogP contribution < -0.4 is 21.3 Å². The van der Waals surface area contributed by atoms with Gasteiger partial charge in [-0.3, -0.25) is 47.9 Å². The molecule has 0 spiro atoms. The molecule has 2 saturated heterocycles. The molecule has 2 heterocycles. The Kier molecular flexibility index (Phi) is 34.3. The number of amides is 10. The Morgan fingerprint density at radius 3 is 1.36 bits per heavy atom. The first-order chi connectivity index (χ1) is 44.2. The van der Waals surface area contributed by atoms with Crippen LogP contribution in [0, 0.1) is 53.3 Å². The molecule has 552 valence electrons. The van der Waals surface area contributed by atoms with Gasteiger partial charge in [0.15, 0.2) is 6.10 Å². The summed E-state index contributed by atoms with van der Waals surface area (Å²) in [6.07, 6.45) is -8.89. The zero-order chi connectivity index (χ0) is 74.0. The number of esters is 1. The van der Waals surface area contributed by atoms with Gasteiger partial charge in [-0.1, -0.05) is 104 Å². The molecule has 2 aliphatic heterocycles. The maximum atomic E-state index is 15.3. The van der Waals surface area contributed by atoms with Crippen LogP contribution in [-0.2, 0) is 57.5 Å². The largest absolute Gasteiger partial charge is 0.450 e. The molecule has 0 aromatic heterocycles. The van der Waals surface area contributed by atoms with E-state index in [4.69, 9.17) is 4.74 Å². The second-order valence-electron chi connectivity index (χ2n) is 29.9. The van der Waals surface area contributed by atoms with Crippen molar-refractivity contribution < 1.29 is 80.9 Å². The van der Waals surface area contributed by atoms with Gasteiger partial charge >= 0.3 is 12.1 Å². The fraction of sp³-hybridized carbons (Fsp3) is 0.838. The van der Waals surface area contributed by atoms with Crippen LogP contribution in [0.4, 0.5) is 13.2 Å². The number of carbonyl (C=O) groups is 11. The van der Waals surface area contributed by atoms with Crippen LogP contribution in [0.1, 0.15) is 169 Å². The topological polar surface area (TPSA) is 308 Å². The van der Waals surface area contributed by atoms with Gasteiger partial charge < -0.3 is 70.5 Å². The summed E-state index contributed by atoms with van der Waals surface area (Å²) >= 11 is 0. The van der Waals surface area contributed by atoms with Crippen molar-refractivity contribution in [3.05, 3.63) is 0 Å². The Balaban J connectivity index is 3.04. The molecule has 96 heavy (non-hydrogen) atoms. The van der Waals surface area contributed by atoms with Gasteiger partial charge in [0.05, 0.1) is 24.7 Å². The summed E-state index contributed by atoms with van der Waals surface area (Å²) in [6.45, 7) is 28.1. The Morgan fingerprint density at radius 2 is 0.938 bits per heavy atom. The molecule has 25 nitrogen and oxygen atoms in total. The number of halogens is 3. The maximum absolute atomic E-state index is 15.3. The number of alkyl halides is 3. The van der Waals surface area contributed by atoms with Crippen molar-refractivity contribution in [3.63, 3.8) is 0 Å². The summed E-state index contributed by atoms with van der Waals surface area (Å²) in [6, 6.07) is -12.9. The number of ether oxygens (including phenoxy) is 1. The normalized spacial score (nSPS) is 27.5. The summed E-state index contributed by atoms with van der Waals surface area (Å²) in [7, 11) is 7.85. The second kappa shape index (κ2) is 38.3. The molecule has 1 unspecified atom stereocenters. The van der Waals surface area contributed by atoms with E-state index in [1.807, 2.05) is 55.4 Å². The number of likely N-dealkylation sites (N-methyl/N-ethyl adjacent to an activating group) is 6. The van der Waals surface area contributed by atoms with Gasteiger partial charge in [0.25, 0.3) is 5.91 Å². The van der Waals surface area contributed by atoms with Crippen LogP contribution in [0.5, 0.6) is 0 Å². The highest BCUT2D eigenvalue weighted by Crippen LogP contribution is 2.34. The molecular weight excluding hydrogens is 1250 g/mol. The minimum atomic E-state index is -4.44. The van der Waals surface area contributed by atoms with Gasteiger partial charge in [0.1, 0.15) is 54.4 Å². The molecule has 0 aliphatic carbocycles. The van der Waals surface area contributed by atoms with Gasteiger partial charge in [-0.15, -0.1) is 0 Å². The number of rotatable bonds is 18. The molecule has 0 saturated carbocycles. The lowest BCUT2D eigenvalue weighted by atomic mass is 9.90. The lowest BCUT2D eigenvalue weighted by Gasteiger charge is -2.41. The first-order valence-corrected chi connectivity index (χ1v) is 34.3. The summed E-state index contributed by atoms with van der Waals surface area (Å²) in [5.41, 5.74) is 0. The number of carbonyl (C=O) groups excluding carboxylic acids is 11. The minimum Gasteiger partial charge on any atom is -0.450 e. The first kappa shape index (κ1) is 85.9. The number of likely N-dealkylation sites (tertiary alicyclic amines) is 1. The van der Waals surface area contributed by atoms with E-state index in [-0.39, 0.29) is 94.0 Å². The van der Waals surface area contributed by atoms with Crippen molar-refractivity contribution in [1.82, 2.24) is 55.6 Å². The van der Waals surface area contributed by atoms with Gasteiger partial charge in [-0.25, -0.2) is 4.79 Å². The standard InChI is InChI=1S/C68H120F3N11O14/c1-36(2)29-47-62(90)78(20)50(32-39(7)8)58(86)72-44(16)67(95)96-57(42(13)14)66(94)79(21)51(33-40(9)10)60(88)74-48(30-37(3)4)63(91)80(22)54(41(11)12)65(93)81(23)55(56(85)43(15)26-28-82-27-24-25-46(34-82)68(69,70)71)61(89)75-53(45(17)83)64(92)76(18)35-52(84)77(19)49(31-38(5)6)59(87)73-47/h36-51,53-57,83,85H,24-35H2,1-23H3,(H,72,86)(H,73,87)(H,74,88)(H,75,89)/t43-,44+,45-,46?,47+,48-,49+,50+,51+,53+,54+,55+,56-,57-/m1/s1. The van der Waals surface area contributed by atoms with E-state index in [0.717, 1.165) is 24.5 Å². The number of hydrogen-bond acceptors (Lipinski definition) is 15. The fourth-order valence-corrected chi connectivity index (χ4v) is 12.4. The van der Waals surface area contributed by atoms with E-state index >= 15 is 14.4 Å². The predicted molar refractivity (Wildman–Crippen MR) is 357 cm³/mol. The smallest absolute Gasteiger partial charge is 0.393 e. The van der Waals surface area contributed by atoms with E-state index in [0.29, 0.717) is 6.54 Å². The van der Waals surface area contributed by atoms with Crippen molar-refractivity contribution in [2.45, 2.75) is 248 Å². The SMILES string of the molecule is CC(C)C[C@@H]1NC(=O)[C@H](CC(C)C)N(C)C(=O)CN(C)C(=O)[C@H]([C@@H](C)O)NC(=O)[C@H]([C@H](O)[C@H](C)CCN2CCCC(C(F)(F)F)C2)N(C)C(=O)[C@H](C(C)C)N(C)C(=O)[C@@H](CC(C)C)NC(=O)[C@H](CC(C)C)N(C)C(=O)[C@@H](C(C)C)OC(=O)[C@H](C)NC(=O)[C@H](CC(C)C)N(C)C1=O. The van der Waals surface area contributed by atoms with Crippen molar-refractivity contribution in [1.29, 1.82) is 0 Å². The summed E-state index contributed by atoms with van der Waals surface area (Å²) < 4.78 is 47.7. The zero-order valence-corrected chi connectivity index (χ0v) is 61.7. The number of nitrogens with zero attached hydrogens (tertiary/aromatic N) is 7. The number of hydrogen-bond donors (Lipinski definition) is 6. The van der Waals surface area contributed by atoms with Crippen molar-refractivity contribution in [3.8, 4) is 0 Å². The monoisotopic (exact) mass is 1370 g/mol. The van der Waals surface area contributed by atoms with Crippen LogP contribution in [0.25, 0.3) is 0 Å². The van der Waals surface area contributed by atoms with Gasteiger partial charge in [-0.2, -0.15) is 13.2 Å². The van der Waals surface area contributed by atoms with Crippen molar-refractivity contribution in [2.75, 3.05) is 68.5 Å². The Bertz CT molecular complexity index is 2620. The van der Waals surface area contributed by atoms with Gasteiger partial charge in [0, 0.05) is 48.8 Å².